The van der Waals surface area contributed by atoms with Crippen molar-refractivity contribution >= 4 is 27.3 Å². The van der Waals surface area contributed by atoms with Crippen LogP contribution in [-0.4, -0.2) is 6.54 Å². The normalized spacial score (nSPS) is 12.9. The first-order valence-electron chi connectivity index (χ1n) is 6.22. The van der Waals surface area contributed by atoms with Crippen molar-refractivity contribution in [2.45, 2.75) is 33.2 Å². The number of furan rings is 1. The lowest BCUT2D eigenvalue weighted by Crippen LogP contribution is -2.21. The summed E-state index contributed by atoms with van der Waals surface area (Å²) in [6.45, 7) is 7.33. The average molecular weight is 328 g/mol. The quantitative estimate of drug-likeness (QED) is 0.862. The van der Waals surface area contributed by atoms with Gasteiger partial charge in [-0.25, -0.2) is 0 Å². The van der Waals surface area contributed by atoms with E-state index in [1.165, 1.54) is 19.8 Å². The Bertz CT molecular complexity index is 498. The maximum Gasteiger partial charge on any atom is 0.108 e. The maximum atomic E-state index is 5.55. The molecule has 0 aromatic carbocycles. The van der Waals surface area contributed by atoms with Crippen LogP contribution >= 0.6 is 27.3 Å². The molecule has 2 aromatic rings. The predicted molar refractivity (Wildman–Crippen MR) is 80.4 cm³/mol. The SMILES string of the molecule is CCNC(c1cc(Br)c(C)s1)c1ccoc1CC. The van der Waals surface area contributed by atoms with Crippen LogP contribution in [-0.2, 0) is 6.42 Å². The molecule has 0 saturated heterocycles. The van der Waals surface area contributed by atoms with Gasteiger partial charge >= 0.3 is 0 Å². The number of thiophene rings is 1. The molecule has 0 spiro atoms. The summed E-state index contributed by atoms with van der Waals surface area (Å²) in [6.07, 6.45) is 2.71. The highest BCUT2D eigenvalue weighted by molar-refractivity contribution is 9.10. The number of nitrogens with one attached hydrogen (secondary N) is 1. The summed E-state index contributed by atoms with van der Waals surface area (Å²) in [6, 6.07) is 4.52. The van der Waals surface area contributed by atoms with Gasteiger partial charge in [0.2, 0.25) is 0 Å². The molecule has 1 N–H and O–H groups in total. The standard InChI is InChI=1S/C14H18BrNOS/c1-4-12-10(6-7-17-12)14(16-5-2)13-8-11(15)9(3)18-13/h6-8,14,16H,4-5H2,1-3H3. The molecular weight excluding hydrogens is 310 g/mol. The van der Waals surface area contributed by atoms with E-state index in [0.29, 0.717) is 0 Å². The molecule has 18 heavy (non-hydrogen) atoms. The minimum Gasteiger partial charge on any atom is -0.469 e. The van der Waals surface area contributed by atoms with E-state index >= 15 is 0 Å². The molecule has 1 unspecified atom stereocenters. The van der Waals surface area contributed by atoms with Crippen molar-refractivity contribution in [3.63, 3.8) is 0 Å². The van der Waals surface area contributed by atoms with Gasteiger partial charge in [0, 0.05) is 26.2 Å². The third kappa shape index (κ3) is 2.71. The highest BCUT2D eigenvalue weighted by atomic mass is 79.9. The minimum atomic E-state index is 0.235. The van der Waals surface area contributed by atoms with Gasteiger partial charge in [-0.2, -0.15) is 0 Å². The smallest absolute Gasteiger partial charge is 0.108 e. The highest BCUT2D eigenvalue weighted by Gasteiger charge is 2.20. The molecule has 2 rings (SSSR count). The summed E-state index contributed by atoms with van der Waals surface area (Å²) >= 11 is 5.42. The molecule has 0 bridgehead atoms. The molecule has 2 nitrogen and oxygen atoms in total. The Balaban J connectivity index is 2.39. The Kier molecular flexibility index (Phi) is 4.65. The van der Waals surface area contributed by atoms with Crippen LogP contribution in [0.4, 0.5) is 0 Å². The van der Waals surface area contributed by atoms with E-state index < -0.39 is 0 Å². The molecule has 2 heterocycles. The lowest BCUT2D eigenvalue weighted by atomic mass is 10.0. The van der Waals surface area contributed by atoms with Gasteiger partial charge < -0.3 is 9.73 Å². The van der Waals surface area contributed by atoms with Gasteiger partial charge in [-0.15, -0.1) is 11.3 Å². The summed E-state index contributed by atoms with van der Waals surface area (Å²) < 4.78 is 6.74. The van der Waals surface area contributed by atoms with Crippen molar-refractivity contribution in [1.29, 1.82) is 0 Å². The third-order valence-corrected chi connectivity index (χ3v) is 5.18. The first kappa shape index (κ1) is 13.8. The Hall–Kier alpha value is -0.580. The van der Waals surface area contributed by atoms with Gasteiger partial charge in [-0.1, -0.05) is 13.8 Å². The fourth-order valence-electron chi connectivity index (χ4n) is 2.09. The van der Waals surface area contributed by atoms with Gasteiger partial charge in [-0.3, -0.25) is 0 Å². The van der Waals surface area contributed by atoms with Crippen molar-refractivity contribution < 1.29 is 4.42 Å². The fraction of sp³-hybridized carbons (Fsp3) is 0.429. The van der Waals surface area contributed by atoms with Crippen LogP contribution < -0.4 is 5.32 Å². The molecule has 98 valence electrons. The monoisotopic (exact) mass is 327 g/mol. The first-order valence-corrected chi connectivity index (χ1v) is 7.83. The average Bonchev–Trinajstić information content (AvgIpc) is 2.94. The molecule has 0 aliphatic carbocycles. The van der Waals surface area contributed by atoms with Crippen molar-refractivity contribution in [2.75, 3.05) is 6.54 Å². The predicted octanol–water partition coefficient (Wildman–Crippen LogP) is 4.67. The zero-order valence-corrected chi connectivity index (χ0v) is 13.3. The largest absolute Gasteiger partial charge is 0.469 e. The fourth-order valence-corrected chi connectivity index (χ4v) is 3.74. The molecule has 1 atom stereocenters. The molecule has 4 heteroatoms. The van der Waals surface area contributed by atoms with Gasteiger partial charge in [0.1, 0.15) is 5.76 Å². The second kappa shape index (κ2) is 6.04. The lowest BCUT2D eigenvalue weighted by molar-refractivity contribution is 0.503. The van der Waals surface area contributed by atoms with Crippen LogP contribution in [0.15, 0.2) is 27.3 Å². The molecule has 0 amide bonds. The van der Waals surface area contributed by atoms with E-state index in [2.05, 4.69) is 54.2 Å². The van der Waals surface area contributed by atoms with Crippen LogP contribution in [0.1, 0.15) is 41.0 Å². The minimum absolute atomic E-state index is 0.235. The van der Waals surface area contributed by atoms with Gasteiger partial charge in [0.05, 0.1) is 12.3 Å². The second-order valence-electron chi connectivity index (χ2n) is 4.20. The molecule has 2 aromatic heterocycles. The first-order chi connectivity index (χ1) is 8.67. The van der Waals surface area contributed by atoms with E-state index in [4.69, 9.17) is 4.42 Å². The summed E-state index contributed by atoms with van der Waals surface area (Å²) in [4.78, 5) is 2.65. The lowest BCUT2D eigenvalue weighted by Gasteiger charge is -2.16. The van der Waals surface area contributed by atoms with E-state index in [1.807, 2.05) is 11.3 Å². The Morgan fingerprint density at radius 3 is 2.78 bits per heavy atom. The van der Waals surface area contributed by atoms with Crippen LogP contribution in [0.5, 0.6) is 0 Å². The Labute approximate surface area is 121 Å². The summed E-state index contributed by atoms with van der Waals surface area (Å²) in [5.41, 5.74) is 1.26. The zero-order valence-electron chi connectivity index (χ0n) is 10.9. The van der Waals surface area contributed by atoms with Crippen LogP contribution in [0.2, 0.25) is 0 Å². The van der Waals surface area contributed by atoms with E-state index in [1.54, 1.807) is 6.26 Å². The number of rotatable bonds is 5. The topological polar surface area (TPSA) is 25.2 Å². The number of aryl methyl sites for hydroxylation is 2. The maximum absolute atomic E-state index is 5.55. The van der Waals surface area contributed by atoms with Gasteiger partial charge in [-0.05, 0) is 41.5 Å². The van der Waals surface area contributed by atoms with Gasteiger partial charge in [0.25, 0.3) is 0 Å². The summed E-state index contributed by atoms with van der Waals surface area (Å²) in [5.74, 6) is 1.07. The van der Waals surface area contributed by atoms with Crippen LogP contribution in [0, 0.1) is 6.92 Å². The molecule has 0 radical (unpaired) electrons. The van der Waals surface area contributed by atoms with E-state index in [0.717, 1.165) is 18.7 Å². The Morgan fingerprint density at radius 1 is 1.44 bits per heavy atom. The van der Waals surface area contributed by atoms with Crippen LogP contribution in [0.3, 0.4) is 0 Å². The second-order valence-corrected chi connectivity index (χ2v) is 6.34. The van der Waals surface area contributed by atoms with Crippen molar-refractivity contribution in [3.05, 3.63) is 43.9 Å². The molecular formula is C14H18BrNOS. The number of hydrogen-bond donors (Lipinski definition) is 1. The molecule has 0 aliphatic heterocycles. The Morgan fingerprint density at radius 2 is 2.22 bits per heavy atom. The third-order valence-electron chi connectivity index (χ3n) is 2.98. The highest BCUT2D eigenvalue weighted by Crippen LogP contribution is 2.35. The number of hydrogen-bond acceptors (Lipinski definition) is 3. The van der Waals surface area contributed by atoms with Crippen LogP contribution in [0.25, 0.3) is 0 Å². The van der Waals surface area contributed by atoms with Crippen molar-refractivity contribution in [2.24, 2.45) is 0 Å². The van der Waals surface area contributed by atoms with E-state index in [-0.39, 0.29) is 6.04 Å². The molecule has 0 fully saturated rings. The molecule has 0 saturated carbocycles. The summed E-state index contributed by atoms with van der Waals surface area (Å²) in [5, 5.41) is 3.55. The zero-order chi connectivity index (χ0) is 13.1. The number of halogens is 1. The molecule has 0 aliphatic rings. The van der Waals surface area contributed by atoms with Crippen molar-refractivity contribution in [3.8, 4) is 0 Å². The van der Waals surface area contributed by atoms with Crippen molar-refractivity contribution in [1.82, 2.24) is 5.32 Å². The van der Waals surface area contributed by atoms with Gasteiger partial charge in [0.15, 0.2) is 0 Å². The summed E-state index contributed by atoms with van der Waals surface area (Å²) in [7, 11) is 0. The van der Waals surface area contributed by atoms with E-state index in [9.17, 15) is 0 Å².